The largest absolute Gasteiger partial charge is 0.496 e. The molecule has 0 fully saturated rings. The predicted molar refractivity (Wildman–Crippen MR) is 132 cm³/mol. The molecule has 0 saturated carbocycles. The Kier molecular flexibility index (Phi) is 7.43. The number of aromatic nitrogens is 1. The van der Waals surface area contributed by atoms with Gasteiger partial charge in [0, 0.05) is 37.3 Å². The molecule has 9 nitrogen and oxygen atoms in total. The van der Waals surface area contributed by atoms with Gasteiger partial charge < -0.3 is 15.4 Å². The lowest BCUT2D eigenvalue weighted by molar-refractivity contribution is -0.118. The Balaban J connectivity index is 2.14. The Bertz CT molecular complexity index is 1360. The molecule has 2 N–H and O–H groups in total. The Hall–Kier alpha value is -3.63. The highest BCUT2D eigenvalue weighted by atomic mass is 32.2. The summed E-state index contributed by atoms with van der Waals surface area (Å²) in [6.07, 6.45) is 2.90. The lowest BCUT2D eigenvalue weighted by atomic mass is 10.1. The molecule has 0 spiro atoms. The molecule has 10 heteroatoms. The molecular formula is C24H28N4O5S. The molecule has 3 rings (SSSR count). The van der Waals surface area contributed by atoms with Gasteiger partial charge in [-0.1, -0.05) is 30.3 Å². The Morgan fingerprint density at radius 2 is 1.71 bits per heavy atom. The smallest absolute Gasteiger partial charge is 0.307 e. The van der Waals surface area contributed by atoms with Gasteiger partial charge >= 0.3 is 10.2 Å². The van der Waals surface area contributed by atoms with Crippen molar-refractivity contribution < 1.29 is 22.7 Å². The Morgan fingerprint density at radius 1 is 1.06 bits per heavy atom. The van der Waals surface area contributed by atoms with E-state index in [2.05, 4.69) is 10.6 Å². The second-order valence-corrected chi connectivity index (χ2v) is 10.0. The van der Waals surface area contributed by atoms with E-state index in [0.717, 1.165) is 8.28 Å². The monoisotopic (exact) mass is 484 g/mol. The van der Waals surface area contributed by atoms with Gasteiger partial charge in [0.2, 0.25) is 0 Å². The number of ether oxygens (including phenoxy) is 1. The van der Waals surface area contributed by atoms with Crippen LogP contribution in [0.1, 0.15) is 29.8 Å². The maximum atomic E-state index is 13.0. The van der Waals surface area contributed by atoms with E-state index in [1.165, 1.54) is 33.5 Å². The van der Waals surface area contributed by atoms with Gasteiger partial charge in [0.15, 0.2) is 0 Å². The molecule has 0 unspecified atom stereocenters. The van der Waals surface area contributed by atoms with Crippen LogP contribution < -0.4 is 15.4 Å². The van der Waals surface area contributed by atoms with E-state index >= 15 is 0 Å². The fourth-order valence-corrected chi connectivity index (χ4v) is 4.34. The van der Waals surface area contributed by atoms with Crippen LogP contribution in [0.5, 0.6) is 5.75 Å². The number of rotatable bonds is 8. The van der Waals surface area contributed by atoms with Crippen LogP contribution in [-0.4, -0.2) is 55.8 Å². The molecule has 0 saturated heterocycles. The molecule has 3 aromatic rings. The zero-order valence-corrected chi connectivity index (χ0v) is 20.5. The number of carbonyl (C=O) groups is 2. The van der Waals surface area contributed by atoms with Crippen molar-refractivity contribution in [3.63, 3.8) is 0 Å². The van der Waals surface area contributed by atoms with E-state index in [-0.39, 0.29) is 17.3 Å². The highest BCUT2D eigenvalue weighted by Crippen LogP contribution is 2.26. The van der Waals surface area contributed by atoms with Gasteiger partial charge in [0.05, 0.1) is 18.2 Å². The molecule has 180 valence electrons. The van der Waals surface area contributed by atoms with Gasteiger partial charge in [-0.15, -0.1) is 0 Å². The highest BCUT2D eigenvalue weighted by Gasteiger charge is 2.22. The van der Waals surface area contributed by atoms with Crippen molar-refractivity contribution in [2.45, 2.75) is 19.9 Å². The summed E-state index contributed by atoms with van der Waals surface area (Å²) in [6, 6.07) is 13.4. The molecule has 2 amide bonds. The van der Waals surface area contributed by atoms with Gasteiger partial charge in [-0.3, -0.25) is 9.59 Å². The van der Waals surface area contributed by atoms with Gasteiger partial charge in [0.1, 0.15) is 11.4 Å². The second kappa shape index (κ2) is 10.1. The van der Waals surface area contributed by atoms with Gasteiger partial charge in [-0.2, -0.15) is 12.7 Å². The van der Waals surface area contributed by atoms with E-state index in [9.17, 15) is 18.0 Å². The molecule has 1 heterocycles. The number of carbonyl (C=O) groups excluding carboxylic acids is 2. The quantitative estimate of drug-likeness (QED) is 0.478. The highest BCUT2D eigenvalue weighted by molar-refractivity contribution is 7.87. The van der Waals surface area contributed by atoms with Crippen molar-refractivity contribution in [3.05, 3.63) is 71.6 Å². The summed E-state index contributed by atoms with van der Waals surface area (Å²) in [4.78, 5) is 26.0. The first kappa shape index (κ1) is 25.0. The van der Waals surface area contributed by atoms with Crippen LogP contribution in [-0.2, 0) is 15.0 Å². The average molecular weight is 485 g/mol. The number of nitrogens with one attached hydrogen (secondary N) is 2. The van der Waals surface area contributed by atoms with E-state index in [0.29, 0.717) is 22.2 Å². The lowest BCUT2D eigenvalue weighted by Crippen LogP contribution is -2.38. The van der Waals surface area contributed by atoms with Gasteiger partial charge in [-0.25, -0.2) is 3.97 Å². The van der Waals surface area contributed by atoms with Crippen LogP contribution in [0.25, 0.3) is 17.0 Å². The molecule has 0 aliphatic heterocycles. The third-order valence-corrected chi connectivity index (χ3v) is 6.70. The first-order valence-corrected chi connectivity index (χ1v) is 12.0. The summed E-state index contributed by atoms with van der Waals surface area (Å²) in [6.45, 7) is 3.60. The molecular weight excluding hydrogens is 456 g/mol. The van der Waals surface area contributed by atoms with E-state index in [1.54, 1.807) is 62.4 Å². The van der Waals surface area contributed by atoms with Crippen molar-refractivity contribution in [3.8, 4) is 5.75 Å². The van der Waals surface area contributed by atoms with Crippen LogP contribution in [0.15, 0.2) is 60.4 Å². The van der Waals surface area contributed by atoms with Crippen molar-refractivity contribution in [2.75, 3.05) is 21.2 Å². The summed E-state index contributed by atoms with van der Waals surface area (Å²) < 4.78 is 33.2. The van der Waals surface area contributed by atoms with Crippen LogP contribution in [0.2, 0.25) is 0 Å². The minimum Gasteiger partial charge on any atom is -0.496 e. The van der Waals surface area contributed by atoms with Crippen LogP contribution >= 0.6 is 0 Å². The predicted octanol–water partition coefficient (Wildman–Crippen LogP) is 2.60. The SMILES string of the molecule is COc1ccccc1C(=O)NC(=Cc1cn(S(=O)(=O)N(C)C)c2ccccc12)C(=O)NC(C)C. The van der Waals surface area contributed by atoms with Crippen molar-refractivity contribution in [2.24, 2.45) is 0 Å². The van der Waals surface area contributed by atoms with E-state index in [4.69, 9.17) is 4.74 Å². The summed E-state index contributed by atoms with van der Waals surface area (Å²) in [5.74, 6) is -0.685. The molecule has 1 aromatic heterocycles. The van der Waals surface area contributed by atoms with Crippen molar-refractivity contribution >= 4 is 39.0 Å². The number of methoxy groups -OCH3 is 1. The minimum atomic E-state index is -3.82. The topological polar surface area (TPSA) is 110 Å². The number of hydrogen-bond donors (Lipinski definition) is 2. The minimum absolute atomic E-state index is 0.0326. The number of amides is 2. The van der Waals surface area contributed by atoms with E-state index < -0.39 is 22.0 Å². The third kappa shape index (κ3) is 5.13. The molecule has 0 aliphatic rings. The maximum absolute atomic E-state index is 13.0. The molecule has 0 bridgehead atoms. The van der Waals surface area contributed by atoms with Crippen LogP contribution in [0.3, 0.4) is 0 Å². The maximum Gasteiger partial charge on any atom is 0.307 e. The van der Waals surface area contributed by atoms with Crippen LogP contribution in [0, 0.1) is 0 Å². The molecule has 0 aliphatic carbocycles. The number of fused-ring (bicyclic) bond motifs is 1. The molecule has 34 heavy (non-hydrogen) atoms. The van der Waals surface area contributed by atoms with E-state index in [1.807, 2.05) is 0 Å². The number of hydrogen-bond acceptors (Lipinski definition) is 5. The number of benzene rings is 2. The fourth-order valence-electron chi connectivity index (χ4n) is 3.33. The summed E-state index contributed by atoms with van der Waals surface area (Å²) in [5, 5.41) is 6.03. The van der Waals surface area contributed by atoms with Gasteiger partial charge in [0.25, 0.3) is 11.8 Å². The number of nitrogens with zero attached hydrogens (tertiary/aromatic N) is 2. The lowest BCUT2D eigenvalue weighted by Gasteiger charge is -2.14. The average Bonchev–Trinajstić information content (AvgIpc) is 3.17. The van der Waals surface area contributed by atoms with Crippen molar-refractivity contribution in [1.29, 1.82) is 0 Å². The standard InChI is InChI=1S/C24H28N4O5S/c1-16(2)25-24(30)20(26-23(29)19-11-7-9-13-22(19)33-5)14-17-15-28(34(31,32)27(3)4)21-12-8-6-10-18(17)21/h6-16H,1-5H3,(H,25,30)(H,26,29). The second-order valence-electron chi connectivity index (χ2n) is 8.03. The summed E-state index contributed by atoms with van der Waals surface area (Å²) >= 11 is 0. The first-order valence-electron chi connectivity index (χ1n) is 10.6. The fraction of sp³-hybridized carbons (Fsp3) is 0.250. The molecule has 0 atom stereocenters. The van der Waals surface area contributed by atoms with Crippen LogP contribution in [0.4, 0.5) is 0 Å². The Labute approximate surface area is 199 Å². The van der Waals surface area contributed by atoms with Gasteiger partial charge in [-0.05, 0) is 38.1 Å². The zero-order chi connectivity index (χ0) is 25.0. The Morgan fingerprint density at radius 3 is 2.35 bits per heavy atom. The molecule has 2 aromatic carbocycles. The van der Waals surface area contributed by atoms with Crippen molar-refractivity contribution in [1.82, 2.24) is 18.9 Å². The summed E-state index contributed by atoms with van der Waals surface area (Å²) in [5.41, 5.74) is 1.12. The zero-order valence-electron chi connectivity index (χ0n) is 19.7. The first-order chi connectivity index (χ1) is 16.1. The summed E-state index contributed by atoms with van der Waals surface area (Å²) in [7, 11) is 0.514. The normalized spacial score (nSPS) is 12.3. The molecule has 0 radical (unpaired) electrons. The third-order valence-electron chi connectivity index (χ3n) is 4.98. The number of para-hydroxylation sites is 2.